The molecule has 0 spiro atoms. The zero-order chi connectivity index (χ0) is 8.27. The molecule has 1 aliphatic rings. The van der Waals surface area contributed by atoms with E-state index in [1.54, 1.807) is 0 Å². The maximum Gasteiger partial charge on any atom is 0.0297 e. The molecule has 11 heavy (non-hydrogen) atoms. The molecule has 3 heteroatoms. The summed E-state index contributed by atoms with van der Waals surface area (Å²) in [6.07, 6.45) is 0. The molecule has 2 N–H and O–H groups in total. The van der Waals surface area contributed by atoms with Gasteiger partial charge in [-0.3, -0.25) is 0 Å². The van der Waals surface area contributed by atoms with E-state index < -0.39 is 0 Å². The average Bonchev–Trinajstić information content (AvgIpc) is 2.11. The summed E-state index contributed by atoms with van der Waals surface area (Å²) in [6.45, 7) is 7.74. The fraction of sp³-hybridized carbons (Fsp3) is 1.00. The van der Waals surface area contributed by atoms with Crippen molar-refractivity contribution >= 4 is 0 Å². The average molecular weight is 157 g/mol. The Hall–Kier alpha value is -0.120. The van der Waals surface area contributed by atoms with Crippen LogP contribution in [-0.4, -0.2) is 55.6 Å². The summed E-state index contributed by atoms with van der Waals surface area (Å²) in [5, 5.41) is 0. The van der Waals surface area contributed by atoms with Crippen LogP contribution < -0.4 is 5.73 Å². The minimum atomic E-state index is 0.336. The van der Waals surface area contributed by atoms with E-state index in [1.807, 2.05) is 0 Å². The third kappa shape index (κ3) is 2.77. The minimum Gasteiger partial charge on any atom is -0.325 e. The zero-order valence-electron chi connectivity index (χ0n) is 7.58. The van der Waals surface area contributed by atoms with Gasteiger partial charge in [-0.05, 0) is 13.6 Å². The van der Waals surface area contributed by atoms with Crippen molar-refractivity contribution < 1.29 is 0 Å². The first-order chi connectivity index (χ1) is 5.22. The maximum atomic E-state index is 5.91. The van der Waals surface area contributed by atoms with Gasteiger partial charge < -0.3 is 15.5 Å². The second kappa shape index (κ2) is 4.04. The number of hydrogen-bond donors (Lipinski definition) is 1. The minimum absolute atomic E-state index is 0.336. The van der Waals surface area contributed by atoms with Crippen LogP contribution in [-0.2, 0) is 0 Å². The molecule has 1 aliphatic heterocycles. The molecule has 1 rings (SSSR count). The van der Waals surface area contributed by atoms with Gasteiger partial charge in [0.05, 0.1) is 0 Å². The molecule has 0 aliphatic carbocycles. The van der Waals surface area contributed by atoms with Crippen LogP contribution in [0.5, 0.6) is 0 Å². The number of nitrogens with two attached hydrogens (primary N) is 1. The lowest BCUT2D eigenvalue weighted by Crippen LogP contribution is -2.39. The summed E-state index contributed by atoms with van der Waals surface area (Å²) < 4.78 is 0. The summed E-state index contributed by atoms with van der Waals surface area (Å²) in [4.78, 5) is 4.72. The van der Waals surface area contributed by atoms with Gasteiger partial charge in [0.25, 0.3) is 0 Å². The van der Waals surface area contributed by atoms with E-state index in [2.05, 4.69) is 23.8 Å². The SMILES string of the molecule is CCN1CCN(C)CC(N)C1. The second-order valence-electron chi connectivity index (χ2n) is 3.42. The molecule has 1 fully saturated rings. The maximum absolute atomic E-state index is 5.91. The molecular formula is C8H19N3. The zero-order valence-corrected chi connectivity index (χ0v) is 7.58. The molecule has 0 aromatic rings. The fourth-order valence-corrected chi connectivity index (χ4v) is 1.57. The quantitative estimate of drug-likeness (QED) is 0.561. The first-order valence-corrected chi connectivity index (χ1v) is 4.39. The Morgan fingerprint density at radius 1 is 1.36 bits per heavy atom. The molecule has 0 aromatic heterocycles. The molecule has 1 saturated heterocycles. The van der Waals surface area contributed by atoms with Crippen LogP contribution in [0.3, 0.4) is 0 Å². The number of likely N-dealkylation sites (N-methyl/N-ethyl adjacent to an activating group) is 2. The van der Waals surface area contributed by atoms with Gasteiger partial charge in [0, 0.05) is 32.2 Å². The van der Waals surface area contributed by atoms with Crippen molar-refractivity contribution in [1.29, 1.82) is 0 Å². The van der Waals surface area contributed by atoms with E-state index in [9.17, 15) is 0 Å². The van der Waals surface area contributed by atoms with Gasteiger partial charge >= 0.3 is 0 Å². The first-order valence-electron chi connectivity index (χ1n) is 4.39. The summed E-state index contributed by atoms with van der Waals surface area (Å²) in [5.74, 6) is 0. The Balaban J connectivity index is 2.39. The molecule has 0 amide bonds. The topological polar surface area (TPSA) is 32.5 Å². The van der Waals surface area contributed by atoms with Crippen molar-refractivity contribution in [3.05, 3.63) is 0 Å². The fourth-order valence-electron chi connectivity index (χ4n) is 1.57. The Bertz CT molecular complexity index is 116. The van der Waals surface area contributed by atoms with Gasteiger partial charge in [0.2, 0.25) is 0 Å². The van der Waals surface area contributed by atoms with Crippen LogP contribution in [0, 0.1) is 0 Å². The molecule has 0 radical (unpaired) electrons. The number of nitrogens with zero attached hydrogens (tertiary/aromatic N) is 2. The van der Waals surface area contributed by atoms with Crippen molar-refractivity contribution in [2.75, 3.05) is 39.8 Å². The molecule has 3 nitrogen and oxygen atoms in total. The van der Waals surface area contributed by atoms with E-state index in [1.165, 1.54) is 6.54 Å². The van der Waals surface area contributed by atoms with Gasteiger partial charge in [-0.25, -0.2) is 0 Å². The molecule has 1 heterocycles. The van der Waals surface area contributed by atoms with Crippen molar-refractivity contribution in [2.45, 2.75) is 13.0 Å². The summed E-state index contributed by atoms with van der Waals surface area (Å²) >= 11 is 0. The molecule has 66 valence electrons. The monoisotopic (exact) mass is 157 g/mol. The summed E-state index contributed by atoms with van der Waals surface area (Å²) in [7, 11) is 2.14. The van der Waals surface area contributed by atoms with Gasteiger partial charge in [0.15, 0.2) is 0 Å². The third-order valence-corrected chi connectivity index (χ3v) is 2.28. The normalized spacial score (nSPS) is 30.3. The smallest absolute Gasteiger partial charge is 0.0297 e. The van der Waals surface area contributed by atoms with Crippen molar-refractivity contribution in [3.8, 4) is 0 Å². The Morgan fingerprint density at radius 3 is 2.73 bits per heavy atom. The van der Waals surface area contributed by atoms with Crippen molar-refractivity contribution in [1.82, 2.24) is 9.80 Å². The molecule has 0 saturated carbocycles. The second-order valence-corrected chi connectivity index (χ2v) is 3.42. The van der Waals surface area contributed by atoms with E-state index >= 15 is 0 Å². The van der Waals surface area contributed by atoms with Crippen LogP contribution in [0.15, 0.2) is 0 Å². The molecule has 0 bridgehead atoms. The predicted molar refractivity (Wildman–Crippen MR) is 47.6 cm³/mol. The Labute approximate surface area is 69.1 Å². The van der Waals surface area contributed by atoms with Gasteiger partial charge in [-0.1, -0.05) is 6.92 Å². The highest BCUT2D eigenvalue weighted by molar-refractivity contribution is 4.75. The standard InChI is InChI=1S/C8H19N3/c1-3-11-5-4-10(2)6-8(9)7-11/h8H,3-7,9H2,1-2H3. The lowest BCUT2D eigenvalue weighted by Gasteiger charge is -2.18. The van der Waals surface area contributed by atoms with E-state index in [-0.39, 0.29) is 0 Å². The van der Waals surface area contributed by atoms with Gasteiger partial charge in [0.1, 0.15) is 0 Å². The Morgan fingerprint density at radius 2 is 2.09 bits per heavy atom. The predicted octanol–water partition coefficient (Wildman–Crippen LogP) is -0.419. The van der Waals surface area contributed by atoms with Crippen LogP contribution in [0.1, 0.15) is 6.92 Å². The van der Waals surface area contributed by atoms with Crippen molar-refractivity contribution in [3.63, 3.8) is 0 Å². The van der Waals surface area contributed by atoms with E-state index in [4.69, 9.17) is 5.73 Å². The largest absolute Gasteiger partial charge is 0.325 e. The first kappa shape index (κ1) is 8.97. The molecule has 1 unspecified atom stereocenters. The van der Waals surface area contributed by atoms with Gasteiger partial charge in [-0.2, -0.15) is 0 Å². The number of rotatable bonds is 1. The van der Waals surface area contributed by atoms with E-state index in [0.717, 1.165) is 26.2 Å². The van der Waals surface area contributed by atoms with E-state index in [0.29, 0.717) is 6.04 Å². The van der Waals surface area contributed by atoms with Crippen molar-refractivity contribution in [2.24, 2.45) is 5.73 Å². The highest BCUT2D eigenvalue weighted by atomic mass is 15.2. The third-order valence-electron chi connectivity index (χ3n) is 2.28. The lowest BCUT2D eigenvalue weighted by atomic mass is 10.3. The Kier molecular flexibility index (Phi) is 3.30. The summed E-state index contributed by atoms with van der Waals surface area (Å²) in [6, 6.07) is 0.336. The highest BCUT2D eigenvalue weighted by Crippen LogP contribution is 1.98. The molecule has 0 aromatic carbocycles. The van der Waals surface area contributed by atoms with Crippen LogP contribution >= 0.6 is 0 Å². The highest BCUT2D eigenvalue weighted by Gasteiger charge is 2.15. The molecular weight excluding hydrogens is 138 g/mol. The van der Waals surface area contributed by atoms with Crippen LogP contribution in [0.4, 0.5) is 0 Å². The molecule has 1 atom stereocenters. The van der Waals surface area contributed by atoms with Gasteiger partial charge in [-0.15, -0.1) is 0 Å². The number of hydrogen-bond acceptors (Lipinski definition) is 3. The van der Waals surface area contributed by atoms with Crippen LogP contribution in [0.25, 0.3) is 0 Å². The summed E-state index contributed by atoms with van der Waals surface area (Å²) in [5.41, 5.74) is 5.91. The van der Waals surface area contributed by atoms with Crippen LogP contribution in [0.2, 0.25) is 0 Å². The lowest BCUT2D eigenvalue weighted by molar-refractivity contribution is 0.286.